The number of aromatic amines is 1. The summed E-state index contributed by atoms with van der Waals surface area (Å²) in [6, 6.07) is 9.53. The first-order valence-electron chi connectivity index (χ1n) is 8.80. The van der Waals surface area contributed by atoms with Gasteiger partial charge in [0.1, 0.15) is 17.8 Å². The maximum Gasteiger partial charge on any atom is 0.251 e. The Hall–Kier alpha value is -2.93. The quantitative estimate of drug-likeness (QED) is 0.634. The highest BCUT2D eigenvalue weighted by Gasteiger charge is 2.16. The first-order valence-corrected chi connectivity index (χ1v) is 8.80. The second-order valence-electron chi connectivity index (χ2n) is 6.36. The van der Waals surface area contributed by atoms with Crippen molar-refractivity contribution >= 4 is 22.8 Å². The topological polar surface area (TPSA) is 91.9 Å². The zero-order valence-electron chi connectivity index (χ0n) is 14.4. The van der Waals surface area contributed by atoms with Gasteiger partial charge >= 0.3 is 0 Å². The van der Waals surface area contributed by atoms with E-state index in [1.54, 1.807) is 0 Å². The molecule has 4 rings (SSSR count). The molecule has 1 aromatic carbocycles. The van der Waals surface area contributed by atoms with Crippen molar-refractivity contribution in [2.24, 2.45) is 0 Å². The molecule has 134 valence electrons. The fourth-order valence-corrected chi connectivity index (χ4v) is 3.14. The Balaban J connectivity index is 1.39. The molecule has 1 fully saturated rings. The molecular formula is C19H21N5O2. The van der Waals surface area contributed by atoms with E-state index in [-0.39, 0.29) is 12.0 Å². The van der Waals surface area contributed by atoms with Crippen molar-refractivity contribution in [3.63, 3.8) is 0 Å². The van der Waals surface area contributed by atoms with Gasteiger partial charge in [-0.25, -0.2) is 9.97 Å². The molecule has 0 spiro atoms. The van der Waals surface area contributed by atoms with Crippen LogP contribution in [0.25, 0.3) is 11.0 Å². The number of ether oxygens (including phenoxy) is 1. The summed E-state index contributed by atoms with van der Waals surface area (Å²) in [4.78, 5) is 23.9. The van der Waals surface area contributed by atoms with Crippen molar-refractivity contribution in [2.75, 3.05) is 18.5 Å². The minimum absolute atomic E-state index is 0.0718. The fourth-order valence-electron chi connectivity index (χ4n) is 3.14. The number of hydrogen-bond donors (Lipinski definition) is 3. The smallest absolute Gasteiger partial charge is 0.251 e. The Morgan fingerprint density at radius 3 is 3.15 bits per heavy atom. The summed E-state index contributed by atoms with van der Waals surface area (Å²) < 4.78 is 5.54. The third-order valence-electron chi connectivity index (χ3n) is 4.52. The number of nitrogens with zero attached hydrogens (tertiary/aromatic N) is 2. The highest BCUT2D eigenvalue weighted by Crippen LogP contribution is 2.18. The first-order chi connectivity index (χ1) is 12.8. The van der Waals surface area contributed by atoms with Crippen molar-refractivity contribution in [2.45, 2.75) is 25.5 Å². The molecule has 0 radical (unpaired) electrons. The minimum Gasteiger partial charge on any atom is -0.376 e. The summed E-state index contributed by atoms with van der Waals surface area (Å²) in [7, 11) is 0. The van der Waals surface area contributed by atoms with Gasteiger partial charge in [-0.1, -0.05) is 12.1 Å². The standard InChI is InChI=1S/C19H21N5O2/c25-19(22-11-15-5-2-8-26-15)14-4-1-3-13(9-14)10-21-18-16-6-7-20-17(16)23-12-24-18/h1,3-4,6-7,9,12,15H,2,5,8,10-11H2,(H,22,25)(H2,20,21,23,24)/t15-/m1/s1. The summed E-state index contributed by atoms with van der Waals surface area (Å²) in [5.74, 6) is 0.696. The van der Waals surface area contributed by atoms with E-state index in [4.69, 9.17) is 4.74 Å². The van der Waals surface area contributed by atoms with Gasteiger partial charge in [0.25, 0.3) is 5.91 Å². The average molecular weight is 351 g/mol. The van der Waals surface area contributed by atoms with Crippen molar-refractivity contribution in [3.05, 3.63) is 54.0 Å². The van der Waals surface area contributed by atoms with Gasteiger partial charge in [0, 0.05) is 31.5 Å². The van der Waals surface area contributed by atoms with Gasteiger partial charge < -0.3 is 20.4 Å². The number of benzene rings is 1. The normalized spacial score (nSPS) is 16.7. The number of anilines is 1. The highest BCUT2D eigenvalue weighted by molar-refractivity contribution is 5.94. The van der Waals surface area contributed by atoms with Crippen LogP contribution in [0.5, 0.6) is 0 Å². The van der Waals surface area contributed by atoms with Gasteiger partial charge in [-0.2, -0.15) is 0 Å². The number of H-pyrrole nitrogens is 1. The third kappa shape index (κ3) is 3.67. The van der Waals surface area contributed by atoms with Gasteiger partial charge in [0.05, 0.1) is 11.5 Å². The Kier molecular flexibility index (Phi) is 4.79. The molecule has 1 amide bonds. The van der Waals surface area contributed by atoms with E-state index in [2.05, 4.69) is 25.6 Å². The van der Waals surface area contributed by atoms with Gasteiger partial charge in [-0.3, -0.25) is 4.79 Å². The van der Waals surface area contributed by atoms with E-state index in [1.807, 2.05) is 36.5 Å². The van der Waals surface area contributed by atoms with Crippen LogP contribution >= 0.6 is 0 Å². The van der Waals surface area contributed by atoms with Crippen LogP contribution in [0.3, 0.4) is 0 Å². The number of hydrogen-bond acceptors (Lipinski definition) is 5. The average Bonchev–Trinajstić information content (AvgIpc) is 3.36. The van der Waals surface area contributed by atoms with E-state index in [1.165, 1.54) is 6.33 Å². The van der Waals surface area contributed by atoms with Crippen LogP contribution in [0.4, 0.5) is 5.82 Å². The van der Waals surface area contributed by atoms with Crippen LogP contribution in [0.1, 0.15) is 28.8 Å². The molecule has 0 aliphatic carbocycles. The molecule has 26 heavy (non-hydrogen) atoms. The second-order valence-corrected chi connectivity index (χ2v) is 6.36. The van der Waals surface area contributed by atoms with Crippen LogP contribution in [-0.4, -0.2) is 40.1 Å². The lowest BCUT2D eigenvalue weighted by atomic mass is 10.1. The van der Waals surface area contributed by atoms with Gasteiger partial charge in [0.2, 0.25) is 0 Å². The molecule has 1 aliphatic heterocycles. The Morgan fingerprint density at radius 2 is 2.27 bits per heavy atom. The van der Waals surface area contributed by atoms with Crippen molar-refractivity contribution < 1.29 is 9.53 Å². The van der Waals surface area contributed by atoms with Crippen molar-refractivity contribution in [3.8, 4) is 0 Å². The third-order valence-corrected chi connectivity index (χ3v) is 4.52. The minimum atomic E-state index is -0.0718. The molecule has 2 aromatic heterocycles. The largest absolute Gasteiger partial charge is 0.376 e. The van der Waals surface area contributed by atoms with Crippen LogP contribution in [0, 0.1) is 0 Å². The summed E-state index contributed by atoms with van der Waals surface area (Å²) in [5, 5.41) is 7.21. The molecule has 1 saturated heterocycles. The zero-order chi connectivity index (χ0) is 17.8. The monoisotopic (exact) mass is 351 g/mol. The second kappa shape index (κ2) is 7.53. The van der Waals surface area contributed by atoms with Crippen LogP contribution < -0.4 is 10.6 Å². The number of aromatic nitrogens is 3. The van der Waals surface area contributed by atoms with Crippen LogP contribution in [0.15, 0.2) is 42.9 Å². The van der Waals surface area contributed by atoms with Crippen molar-refractivity contribution in [1.82, 2.24) is 20.3 Å². The Bertz CT molecular complexity index is 902. The van der Waals surface area contributed by atoms with E-state index in [0.29, 0.717) is 18.7 Å². The molecule has 3 N–H and O–H groups in total. The number of fused-ring (bicyclic) bond motifs is 1. The number of nitrogens with one attached hydrogen (secondary N) is 3. The van der Waals surface area contributed by atoms with Gasteiger partial charge in [-0.05, 0) is 36.6 Å². The van der Waals surface area contributed by atoms with E-state index in [9.17, 15) is 4.79 Å². The molecule has 7 nitrogen and oxygen atoms in total. The molecule has 1 atom stereocenters. The summed E-state index contributed by atoms with van der Waals surface area (Å²) in [6.45, 7) is 1.93. The predicted octanol–water partition coefficient (Wildman–Crippen LogP) is 2.48. The number of amides is 1. The summed E-state index contributed by atoms with van der Waals surface area (Å²) >= 11 is 0. The maximum atomic E-state index is 12.4. The molecule has 0 bridgehead atoms. The van der Waals surface area contributed by atoms with Crippen LogP contribution in [0.2, 0.25) is 0 Å². The first kappa shape index (κ1) is 16.5. The highest BCUT2D eigenvalue weighted by atomic mass is 16.5. The molecule has 0 unspecified atom stereocenters. The summed E-state index contributed by atoms with van der Waals surface area (Å²) in [6.07, 6.45) is 5.58. The van der Waals surface area contributed by atoms with Crippen LogP contribution in [-0.2, 0) is 11.3 Å². The maximum absolute atomic E-state index is 12.4. The predicted molar refractivity (Wildman–Crippen MR) is 99.0 cm³/mol. The van der Waals surface area contributed by atoms with E-state index < -0.39 is 0 Å². The molecule has 3 heterocycles. The van der Waals surface area contributed by atoms with Gasteiger partial charge in [-0.15, -0.1) is 0 Å². The molecular weight excluding hydrogens is 330 g/mol. The molecule has 3 aromatic rings. The van der Waals surface area contributed by atoms with Gasteiger partial charge in [0.15, 0.2) is 0 Å². The zero-order valence-corrected chi connectivity index (χ0v) is 14.4. The van der Waals surface area contributed by atoms with E-state index >= 15 is 0 Å². The lowest BCUT2D eigenvalue weighted by Crippen LogP contribution is -2.31. The number of rotatable bonds is 6. The molecule has 1 aliphatic rings. The lowest BCUT2D eigenvalue weighted by Gasteiger charge is -2.12. The van der Waals surface area contributed by atoms with Crippen molar-refractivity contribution in [1.29, 1.82) is 0 Å². The molecule has 0 saturated carbocycles. The number of carbonyl (C=O) groups is 1. The fraction of sp³-hybridized carbons (Fsp3) is 0.316. The SMILES string of the molecule is O=C(NC[C@H]1CCCO1)c1cccc(CNc2ncnc3[nH]ccc23)c1. The lowest BCUT2D eigenvalue weighted by molar-refractivity contribution is 0.0857. The Labute approximate surface area is 151 Å². The Morgan fingerprint density at radius 1 is 1.31 bits per heavy atom. The molecule has 7 heteroatoms. The van der Waals surface area contributed by atoms with E-state index in [0.717, 1.165) is 41.9 Å². The summed E-state index contributed by atoms with van der Waals surface area (Å²) in [5.41, 5.74) is 2.46. The number of carbonyl (C=O) groups excluding carboxylic acids is 1.